The van der Waals surface area contributed by atoms with Crippen molar-refractivity contribution in [2.24, 2.45) is 0 Å². The summed E-state index contributed by atoms with van der Waals surface area (Å²) < 4.78 is 30.6. The number of ether oxygens (including phenoxy) is 3. The first-order valence-electron chi connectivity index (χ1n) is 10.7. The topological polar surface area (TPSA) is 92.9 Å². The third-order valence-electron chi connectivity index (χ3n) is 5.56. The molecule has 8 nitrogen and oxygen atoms in total. The number of hydrogen-bond acceptors (Lipinski definition) is 6. The van der Waals surface area contributed by atoms with Crippen LogP contribution in [0.1, 0.15) is 0 Å². The van der Waals surface area contributed by atoms with E-state index in [2.05, 4.69) is 15.2 Å². The molecular formula is C24H26FN3O5. The molecule has 2 aromatic carbocycles. The van der Waals surface area contributed by atoms with Crippen molar-refractivity contribution >= 4 is 16.8 Å². The predicted molar refractivity (Wildman–Crippen MR) is 122 cm³/mol. The van der Waals surface area contributed by atoms with Crippen molar-refractivity contribution in [3.63, 3.8) is 0 Å². The molecule has 1 amide bonds. The molecule has 2 N–H and O–H groups in total. The Morgan fingerprint density at radius 3 is 2.67 bits per heavy atom. The molecule has 4 rings (SSSR count). The number of nitrogens with zero attached hydrogens (tertiary/aromatic N) is 1. The highest BCUT2D eigenvalue weighted by atomic mass is 19.1. The van der Waals surface area contributed by atoms with Crippen molar-refractivity contribution in [3.05, 3.63) is 58.6 Å². The minimum atomic E-state index is -0.663. The number of aromatic amines is 1. The summed E-state index contributed by atoms with van der Waals surface area (Å²) in [5, 5.41) is 2.69. The number of halogens is 1. The Morgan fingerprint density at radius 2 is 1.94 bits per heavy atom. The van der Waals surface area contributed by atoms with Crippen molar-refractivity contribution in [2.45, 2.75) is 0 Å². The average Bonchev–Trinajstić information content (AvgIpc) is 2.84. The Labute approximate surface area is 190 Å². The van der Waals surface area contributed by atoms with Gasteiger partial charge in [-0.3, -0.25) is 14.5 Å². The van der Waals surface area contributed by atoms with Crippen LogP contribution in [0.3, 0.4) is 0 Å². The Kier molecular flexibility index (Phi) is 7.21. The molecule has 1 aromatic heterocycles. The van der Waals surface area contributed by atoms with Crippen molar-refractivity contribution < 1.29 is 23.4 Å². The molecule has 0 radical (unpaired) electrons. The monoisotopic (exact) mass is 455 g/mol. The number of carbonyl (C=O) groups excluding carboxylic acids is 1. The molecule has 2 heterocycles. The van der Waals surface area contributed by atoms with E-state index in [-0.39, 0.29) is 29.2 Å². The molecule has 0 aliphatic carbocycles. The van der Waals surface area contributed by atoms with E-state index in [1.54, 1.807) is 31.4 Å². The molecule has 1 fully saturated rings. The molecule has 0 unspecified atom stereocenters. The van der Waals surface area contributed by atoms with Crippen LogP contribution in [0.5, 0.6) is 11.5 Å². The maximum absolute atomic E-state index is 14.6. The van der Waals surface area contributed by atoms with Gasteiger partial charge in [-0.25, -0.2) is 4.39 Å². The van der Waals surface area contributed by atoms with Crippen LogP contribution in [0.2, 0.25) is 0 Å². The zero-order chi connectivity index (χ0) is 23.2. The van der Waals surface area contributed by atoms with Gasteiger partial charge in [0, 0.05) is 37.9 Å². The zero-order valence-corrected chi connectivity index (χ0v) is 18.4. The quantitative estimate of drug-likeness (QED) is 0.541. The number of morpholine rings is 1. The Bertz CT molecular complexity index is 1170. The van der Waals surface area contributed by atoms with Gasteiger partial charge in [0.25, 0.3) is 5.91 Å². The van der Waals surface area contributed by atoms with E-state index in [1.165, 1.54) is 18.3 Å². The van der Waals surface area contributed by atoms with Gasteiger partial charge >= 0.3 is 0 Å². The lowest BCUT2D eigenvalue weighted by Gasteiger charge is -2.26. The summed E-state index contributed by atoms with van der Waals surface area (Å²) in [5.41, 5.74) is 0.691. The third kappa shape index (κ3) is 5.32. The molecule has 1 aliphatic rings. The molecule has 0 saturated carbocycles. The molecule has 3 aromatic rings. The minimum Gasteiger partial charge on any atom is -0.497 e. The van der Waals surface area contributed by atoms with Crippen LogP contribution < -0.4 is 20.2 Å². The van der Waals surface area contributed by atoms with Gasteiger partial charge in [0.15, 0.2) is 12.0 Å². The summed E-state index contributed by atoms with van der Waals surface area (Å²) in [5.74, 6) is -0.0731. The summed E-state index contributed by atoms with van der Waals surface area (Å²) in [6.07, 6.45) is 1.52. The summed E-state index contributed by atoms with van der Waals surface area (Å²) in [7, 11) is 1.55. The molecule has 0 bridgehead atoms. The number of hydrogen-bond donors (Lipinski definition) is 2. The van der Waals surface area contributed by atoms with Crippen molar-refractivity contribution in [1.82, 2.24) is 15.2 Å². The molecule has 1 aliphatic heterocycles. The highest BCUT2D eigenvalue weighted by Crippen LogP contribution is 2.27. The van der Waals surface area contributed by atoms with E-state index in [0.29, 0.717) is 36.6 Å². The molecule has 9 heteroatoms. The van der Waals surface area contributed by atoms with E-state index in [9.17, 15) is 14.0 Å². The number of benzene rings is 2. The number of methoxy groups -OCH3 is 1. The average molecular weight is 455 g/mol. The Hall–Kier alpha value is -3.43. The van der Waals surface area contributed by atoms with Crippen LogP contribution in [0.15, 0.2) is 47.4 Å². The minimum absolute atomic E-state index is 0.117. The predicted octanol–water partition coefficient (Wildman–Crippen LogP) is 2.17. The second-order valence-corrected chi connectivity index (χ2v) is 7.65. The highest BCUT2D eigenvalue weighted by molar-refractivity contribution is 5.88. The van der Waals surface area contributed by atoms with E-state index < -0.39 is 11.2 Å². The van der Waals surface area contributed by atoms with Gasteiger partial charge in [0.1, 0.15) is 17.3 Å². The van der Waals surface area contributed by atoms with Crippen molar-refractivity contribution in [3.8, 4) is 22.6 Å². The summed E-state index contributed by atoms with van der Waals surface area (Å²) in [4.78, 5) is 30.4. The first kappa shape index (κ1) is 22.8. The van der Waals surface area contributed by atoms with Gasteiger partial charge in [0.05, 0.1) is 31.2 Å². The standard InChI is InChI=1S/C24H26FN3O5/c1-31-17-4-2-16(3-5-17)18-14-27-23-20(7-6-19(25)22(23)24(18)30)33-15-21(29)26-8-9-28-10-12-32-13-11-28/h2-7,14H,8-13,15H2,1H3,(H,26,29)(H,27,30). The van der Waals surface area contributed by atoms with Gasteiger partial charge in [0.2, 0.25) is 0 Å². The van der Waals surface area contributed by atoms with Gasteiger partial charge in [-0.15, -0.1) is 0 Å². The third-order valence-corrected chi connectivity index (χ3v) is 5.56. The molecule has 174 valence electrons. The largest absolute Gasteiger partial charge is 0.497 e. The zero-order valence-electron chi connectivity index (χ0n) is 18.4. The number of nitrogens with one attached hydrogen (secondary N) is 2. The van der Waals surface area contributed by atoms with Crippen LogP contribution in [-0.2, 0) is 9.53 Å². The second kappa shape index (κ2) is 10.5. The fourth-order valence-electron chi connectivity index (χ4n) is 3.75. The normalized spacial score (nSPS) is 14.2. The first-order chi connectivity index (χ1) is 16.1. The van der Waals surface area contributed by atoms with Crippen LogP contribution >= 0.6 is 0 Å². The van der Waals surface area contributed by atoms with Gasteiger partial charge in [-0.1, -0.05) is 12.1 Å². The molecule has 0 atom stereocenters. The number of amides is 1. The fourth-order valence-corrected chi connectivity index (χ4v) is 3.75. The summed E-state index contributed by atoms with van der Waals surface area (Å²) in [6.45, 7) is 4.08. The van der Waals surface area contributed by atoms with Gasteiger partial charge in [-0.05, 0) is 29.8 Å². The van der Waals surface area contributed by atoms with E-state index in [1.807, 2.05) is 0 Å². The number of carbonyl (C=O) groups is 1. The molecule has 33 heavy (non-hydrogen) atoms. The Balaban J connectivity index is 1.45. The van der Waals surface area contributed by atoms with Crippen LogP contribution in [0.25, 0.3) is 22.0 Å². The number of pyridine rings is 1. The van der Waals surface area contributed by atoms with E-state index in [4.69, 9.17) is 14.2 Å². The number of fused-ring (bicyclic) bond motifs is 1. The van der Waals surface area contributed by atoms with Gasteiger partial charge in [-0.2, -0.15) is 0 Å². The SMILES string of the molecule is COc1ccc(-c2c[nH]c3c(OCC(=O)NCCN4CCOCC4)ccc(F)c3c2=O)cc1. The lowest BCUT2D eigenvalue weighted by molar-refractivity contribution is -0.123. The van der Waals surface area contributed by atoms with Crippen LogP contribution in [-0.4, -0.2) is 68.9 Å². The summed E-state index contributed by atoms with van der Waals surface area (Å²) >= 11 is 0. The smallest absolute Gasteiger partial charge is 0.257 e. The van der Waals surface area contributed by atoms with Crippen molar-refractivity contribution in [1.29, 1.82) is 0 Å². The fraction of sp³-hybridized carbons (Fsp3) is 0.333. The Morgan fingerprint density at radius 1 is 1.18 bits per heavy atom. The lowest BCUT2D eigenvalue weighted by Crippen LogP contribution is -2.42. The number of H-pyrrole nitrogens is 1. The highest BCUT2D eigenvalue weighted by Gasteiger charge is 2.16. The summed E-state index contributed by atoms with van der Waals surface area (Å²) in [6, 6.07) is 9.49. The van der Waals surface area contributed by atoms with Crippen LogP contribution in [0.4, 0.5) is 4.39 Å². The molecule has 1 saturated heterocycles. The lowest BCUT2D eigenvalue weighted by atomic mass is 10.0. The number of rotatable bonds is 8. The van der Waals surface area contributed by atoms with Crippen molar-refractivity contribution in [2.75, 3.05) is 53.1 Å². The second-order valence-electron chi connectivity index (χ2n) is 7.65. The van der Waals surface area contributed by atoms with Gasteiger partial charge < -0.3 is 24.5 Å². The number of aromatic nitrogens is 1. The molecular weight excluding hydrogens is 429 g/mol. The maximum Gasteiger partial charge on any atom is 0.257 e. The van der Waals surface area contributed by atoms with E-state index in [0.717, 1.165) is 19.6 Å². The molecule has 0 spiro atoms. The maximum atomic E-state index is 14.6. The van der Waals surface area contributed by atoms with E-state index >= 15 is 0 Å². The first-order valence-corrected chi connectivity index (χ1v) is 10.7. The van der Waals surface area contributed by atoms with Crippen LogP contribution in [0, 0.1) is 5.82 Å².